The van der Waals surface area contributed by atoms with Crippen molar-refractivity contribution < 1.29 is 0 Å². The monoisotopic (exact) mass is 207 g/mol. The Balaban J connectivity index is 1.78. The van der Waals surface area contributed by atoms with E-state index in [4.69, 9.17) is 0 Å². The normalized spacial score (nSPS) is 10.6. The highest BCUT2D eigenvalue weighted by Crippen LogP contribution is 2.14. The minimum absolute atomic E-state index is 0.868. The maximum absolute atomic E-state index is 3.89. The Kier molecular flexibility index (Phi) is 2.96. The minimum atomic E-state index is 0.868. The summed E-state index contributed by atoms with van der Waals surface area (Å²) in [6, 6.07) is 4.32. The molecule has 0 spiro atoms. The Morgan fingerprint density at radius 3 is 3.00 bits per heavy atom. The molecule has 0 radical (unpaired) electrons. The molecule has 74 valence electrons. The lowest BCUT2D eigenvalue weighted by Gasteiger charge is -1.99. The fraction of sp³-hybridized carbons (Fsp3) is 0.300. The van der Waals surface area contributed by atoms with Crippen LogP contribution in [0, 0.1) is 6.92 Å². The van der Waals surface area contributed by atoms with Gasteiger partial charge in [-0.25, -0.2) is 0 Å². The van der Waals surface area contributed by atoms with Gasteiger partial charge in [-0.3, -0.25) is 5.10 Å². The molecule has 0 aromatic carbocycles. The summed E-state index contributed by atoms with van der Waals surface area (Å²) in [7, 11) is 0. The van der Waals surface area contributed by atoms with Crippen LogP contribution in [-0.2, 0) is 13.1 Å². The summed E-state index contributed by atoms with van der Waals surface area (Å²) in [5.41, 5.74) is 1.19. The van der Waals surface area contributed by atoms with Gasteiger partial charge in [-0.2, -0.15) is 5.10 Å². The topological polar surface area (TPSA) is 40.7 Å². The third-order valence-corrected chi connectivity index (χ3v) is 2.98. The quantitative estimate of drug-likeness (QED) is 0.805. The number of hydrogen-bond donors (Lipinski definition) is 2. The highest BCUT2D eigenvalue weighted by Gasteiger charge is 1.97. The maximum atomic E-state index is 3.89. The van der Waals surface area contributed by atoms with Gasteiger partial charge in [0.15, 0.2) is 0 Å². The Morgan fingerprint density at radius 1 is 1.43 bits per heavy atom. The molecule has 0 saturated heterocycles. The number of nitrogens with zero attached hydrogens (tertiary/aromatic N) is 1. The van der Waals surface area contributed by atoms with E-state index < -0.39 is 0 Å². The van der Waals surface area contributed by atoms with E-state index in [1.165, 1.54) is 15.3 Å². The molecule has 2 heterocycles. The van der Waals surface area contributed by atoms with Crippen molar-refractivity contribution in [3.63, 3.8) is 0 Å². The Labute approximate surface area is 87.2 Å². The lowest BCUT2D eigenvalue weighted by Crippen LogP contribution is -2.10. The highest BCUT2D eigenvalue weighted by atomic mass is 32.1. The number of aromatic amines is 1. The summed E-state index contributed by atoms with van der Waals surface area (Å²) >= 11 is 1.84. The van der Waals surface area contributed by atoms with Crippen LogP contribution in [0.25, 0.3) is 0 Å². The molecule has 0 unspecified atom stereocenters. The molecule has 3 nitrogen and oxygen atoms in total. The largest absolute Gasteiger partial charge is 0.308 e. The fourth-order valence-electron chi connectivity index (χ4n) is 1.28. The van der Waals surface area contributed by atoms with Crippen LogP contribution in [0.4, 0.5) is 0 Å². The van der Waals surface area contributed by atoms with E-state index in [2.05, 4.69) is 34.6 Å². The van der Waals surface area contributed by atoms with E-state index in [0.29, 0.717) is 0 Å². The van der Waals surface area contributed by atoms with Gasteiger partial charge in [-0.15, -0.1) is 11.3 Å². The number of nitrogens with one attached hydrogen (secondary N) is 2. The van der Waals surface area contributed by atoms with Crippen LogP contribution in [-0.4, -0.2) is 10.2 Å². The predicted octanol–water partition coefficient (Wildman–Crippen LogP) is 2.07. The zero-order chi connectivity index (χ0) is 9.80. The van der Waals surface area contributed by atoms with Crippen LogP contribution >= 0.6 is 11.3 Å². The molecule has 0 amide bonds. The number of aromatic nitrogens is 2. The van der Waals surface area contributed by atoms with E-state index in [0.717, 1.165) is 13.1 Å². The van der Waals surface area contributed by atoms with Gasteiger partial charge < -0.3 is 5.32 Å². The van der Waals surface area contributed by atoms with Gasteiger partial charge in [0.05, 0.1) is 6.20 Å². The number of aryl methyl sites for hydroxylation is 1. The standard InChI is InChI=1S/C10H13N3S/c1-8-2-3-10(14-8)7-11-4-9-5-12-13-6-9/h2-3,5-6,11H,4,7H2,1H3,(H,12,13). The van der Waals surface area contributed by atoms with Crippen LogP contribution < -0.4 is 5.32 Å². The van der Waals surface area contributed by atoms with Gasteiger partial charge in [0, 0.05) is 34.6 Å². The smallest absolute Gasteiger partial charge is 0.0532 e. The molecule has 2 N–H and O–H groups in total. The van der Waals surface area contributed by atoms with Gasteiger partial charge in [-0.05, 0) is 19.1 Å². The SMILES string of the molecule is Cc1ccc(CNCc2cn[nH]c2)s1. The van der Waals surface area contributed by atoms with E-state index in [9.17, 15) is 0 Å². The van der Waals surface area contributed by atoms with Crippen molar-refractivity contribution in [1.82, 2.24) is 15.5 Å². The highest BCUT2D eigenvalue weighted by molar-refractivity contribution is 7.11. The van der Waals surface area contributed by atoms with Crippen LogP contribution in [0.3, 0.4) is 0 Å². The molecule has 0 atom stereocenters. The molecule has 0 saturated carbocycles. The molecule has 0 fully saturated rings. The molecular weight excluding hydrogens is 194 g/mol. The summed E-state index contributed by atoms with van der Waals surface area (Å²) in [6.45, 7) is 3.93. The number of H-pyrrole nitrogens is 1. The Hall–Kier alpha value is -1.13. The van der Waals surface area contributed by atoms with Crippen molar-refractivity contribution >= 4 is 11.3 Å². The van der Waals surface area contributed by atoms with Gasteiger partial charge in [-0.1, -0.05) is 0 Å². The molecular formula is C10H13N3S. The minimum Gasteiger partial charge on any atom is -0.308 e. The molecule has 0 aliphatic heterocycles. The van der Waals surface area contributed by atoms with Crippen molar-refractivity contribution in [3.8, 4) is 0 Å². The number of thiophene rings is 1. The van der Waals surface area contributed by atoms with Gasteiger partial charge in [0.25, 0.3) is 0 Å². The van der Waals surface area contributed by atoms with Gasteiger partial charge in [0.2, 0.25) is 0 Å². The molecule has 4 heteroatoms. The van der Waals surface area contributed by atoms with Crippen molar-refractivity contribution in [2.45, 2.75) is 20.0 Å². The van der Waals surface area contributed by atoms with E-state index in [1.807, 2.05) is 23.7 Å². The van der Waals surface area contributed by atoms with Gasteiger partial charge in [0.1, 0.15) is 0 Å². The van der Waals surface area contributed by atoms with E-state index in [1.54, 1.807) is 0 Å². The second-order valence-electron chi connectivity index (χ2n) is 3.22. The lowest BCUT2D eigenvalue weighted by molar-refractivity contribution is 0.701. The van der Waals surface area contributed by atoms with Crippen molar-refractivity contribution in [2.75, 3.05) is 0 Å². The summed E-state index contributed by atoms with van der Waals surface area (Å²) in [5, 5.41) is 10.1. The zero-order valence-electron chi connectivity index (χ0n) is 8.08. The summed E-state index contributed by atoms with van der Waals surface area (Å²) in [6.07, 6.45) is 3.75. The summed E-state index contributed by atoms with van der Waals surface area (Å²) < 4.78 is 0. The maximum Gasteiger partial charge on any atom is 0.0532 e. The zero-order valence-corrected chi connectivity index (χ0v) is 8.90. The Bertz CT molecular complexity index is 378. The first-order valence-electron chi connectivity index (χ1n) is 4.58. The predicted molar refractivity (Wildman–Crippen MR) is 58.2 cm³/mol. The summed E-state index contributed by atoms with van der Waals surface area (Å²) in [5.74, 6) is 0. The molecule has 14 heavy (non-hydrogen) atoms. The Morgan fingerprint density at radius 2 is 2.36 bits per heavy atom. The molecule has 0 bridgehead atoms. The van der Waals surface area contributed by atoms with Crippen molar-refractivity contribution in [2.24, 2.45) is 0 Å². The first-order valence-corrected chi connectivity index (χ1v) is 5.40. The average Bonchev–Trinajstić information content (AvgIpc) is 2.77. The van der Waals surface area contributed by atoms with Crippen LogP contribution in [0.15, 0.2) is 24.5 Å². The first kappa shape index (κ1) is 9.43. The third kappa shape index (κ3) is 2.43. The van der Waals surface area contributed by atoms with Crippen LogP contribution in [0.5, 0.6) is 0 Å². The second kappa shape index (κ2) is 4.39. The van der Waals surface area contributed by atoms with Crippen LogP contribution in [0.1, 0.15) is 15.3 Å². The molecule has 2 aromatic heterocycles. The first-order chi connectivity index (χ1) is 6.84. The van der Waals surface area contributed by atoms with Crippen molar-refractivity contribution in [1.29, 1.82) is 0 Å². The van der Waals surface area contributed by atoms with Crippen LogP contribution in [0.2, 0.25) is 0 Å². The molecule has 0 aliphatic rings. The van der Waals surface area contributed by atoms with Gasteiger partial charge >= 0.3 is 0 Å². The average molecular weight is 207 g/mol. The van der Waals surface area contributed by atoms with Crippen molar-refractivity contribution in [3.05, 3.63) is 39.8 Å². The fourth-order valence-corrected chi connectivity index (χ4v) is 2.14. The summed E-state index contributed by atoms with van der Waals surface area (Å²) in [4.78, 5) is 2.75. The molecule has 2 aromatic rings. The molecule has 2 rings (SSSR count). The van der Waals surface area contributed by atoms with E-state index in [-0.39, 0.29) is 0 Å². The van der Waals surface area contributed by atoms with E-state index >= 15 is 0 Å². The number of hydrogen-bond acceptors (Lipinski definition) is 3. The third-order valence-electron chi connectivity index (χ3n) is 1.98. The lowest BCUT2D eigenvalue weighted by atomic mass is 10.3. The number of rotatable bonds is 4. The molecule has 0 aliphatic carbocycles. The second-order valence-corrected chi connectivity index (χ2v) is 4.59.